The number of imidazole rings is 1. The number of H-pyrrole nitrogens is 1. The number of carboxylic acids is 1. The maximum absolute atomic E-state index is 13.5. The number of carboxylic acid groups (broad SMARTS) is 1. The molecule has 3 aromatic rings. The number of carbonyl (C=O) groups is 2. The van der Waals surface area contributed by atoms with Crippen molar-refractivity contribution in [3.05, 3.63) is 53.6 Å². The summed E-state index contributed by atoms with van der Waals surface area (Å²) in [5.41, 5.74) is 3.17. The van der Waals surface area contributed by atoms with Crippen LogP contribution in [0.15, 0.2) is 41.4 Å². The van der Waals surface area contributed by atoms with Crippen molar-refractivity contribution in [1.82, 2.24) is 19.3 Å². The maximum Gasteiger partial charge on any atom is 0.322 e. The number of fused-ring (bicyclic) bond motifs is 1. The number of aromatic amines is 1. The molecule has 0 fully saturated rings. The predicted molar refractivity (Wildman–Crippen MR) is 129 cm³/mol. The molecule has 2 aromatic heterocycles. The Morgan fingerprint density at radius 1 is 1.17 bits per heavy atom. The van der Waals surface area contributed by atoms with Crippen LogP contribution in [0.25, 0.3) is 11.0 Å². The second kappa shape index (κ2) is 11.0. The van der Waals surface area contributed by atoms with E-state index < -0.39 is 34.5 Å². The van der Waals surface area contributed by atoms with Gasteiger partial charge >= 0.3 is 11.9 Å². The van der Waals surface area contributed by atoms with Gasteiger partial charge in [-0.05, 0) is 49.9 Å². The van der Waals surface area contributed by atoms with Crippen molar-refractivity contribution in [1.29, 1.82) is 0 Å². The van der Waals surface area contributed by atoms with Crippen LogP contribution in [-0.4, -0.2) is 63.9 Å². The summed E-state index contributed by atoms with van der Waals surface area (Å²) in [7, 11) is -4.31. The molecular weight excluding hydrogens is 472 g/mol. The van der Waals surface area contributed by atoms with E-state index in [1.807, 2.05) is 13.0 Å². The zero-order chi connectivity index (χ0) is 25.8. The molecule has 0 radical (unpaired) electrons. The Balaban J connectivity index is 1.92. The molecular formula is C24H30N4O6S. The van der Waals surface area contributed by atoms with Gasteiger partial charge in [0.1, 0.15) is 23.9 Å². The Morgan fingerprint density at radius 2 is 1.86 bits per heavy atom. The largest absolute Gasteiger partial charge is 0.480 e. The third-order valence-electron chi connectivity index (χ3n) is 5.41. The average Bonchev–Trinajstić information content (AvgIpc) is 3.17. The van der Waals surface area contributed by atoms with Gasteiger partial charge in [-0.15, -0.1) is 0 Å². The second-order valence-corrected chi connectivity index (χ2v) is 10.5. The minimum Gasteiger partial charge on any atom is -0.480 e. The molecule has 2 N–H and O–H groups in total. The van der Waals surface area contributed by atoms with Gasteiger partial charge < -0.3 is 14.8 Å². The van der Waals surface area contributed by atoms with Crippen LogP contribution >= 0.6 is 0 Å². The van der Waals surface area contributed by atoms with Crippen molar-refractivity contribution in [2.24, 2.45) is 5.92 Å². The SMILES string of the molecule is CCOC(=O)CN([C@@H](CC(C)C)C(=O)O)S(=O)(=O)c1ccc(Cc2nccc3[nH]c(C)nc23)cc1. The molecule has 0 unspecified atom stereocenters. The molecule has 10 nitrogen and oxygen atoms in total. The first kappa shape index (κ1) is 26.3. The lowest BCUT2D eigenvalue weighted by molar-refractivity contribution is -0.146. The number of benzene rings is 1. The van der Waals surface area contributed by atoms with Gasteiger partial charge in [-0.3, -0.25) is 14.6 Å². The molecule has 35 heavy (non-hydrogen) atoms. The Morgan fingerprint density at radius 3 is 2.46 bits per heavy atom. The molecule has 0 saturated heterocycles. The molecule has 0 spiro atoms. The molecule has 188 valence electrons. The van der Waals surface area contributed by atoms with Crippen molar-refractivity contribution < 1.29 is 27.9 Å². The van der Waals surface area contributed by atoms with Crippen LogP contribution in [0, 0.1) is 12.8 Å². The maximum atomic E-state index is 13.5. The number of aromatic nitrogens is 3. The van der Waals surface area contributed by atoms with E-state index in [1.54, 1.807) is 39.1 Å². The number of sulfonamides is 1. The fraction of sp³-hybridized carbons (Fsp3) is 0.417. The van der Waals surface area contributed by atoms with Crippen LogP contribution in [0.5, 0.6) is 0 Å². The van der Waals surface area contributed by atoms with Gasteiger partial charge in [0.05, 0.1) is 22.7 Å². The highest BCUT2D eigenvalue weighted by atomic mass is 32.2. The molecule has 0 amide bonds. The molecule has 0 aliphatic carbocycles. The number of rotatable bonds is 11. The fourth-order valence-electron chi connectivity index (χ4n) is 3.84. The van der Waals surface area contributed by atoms with E-state index in [1.165, 1.54) is 12.1 Å². The average molecular weight is 503 g/mol. The van der Waals surface area contributed by atoms with Crippen LogP contribution in [0.3, 0.4) is 0 Å². The zero-order valence-electron chi connectivity index (χ0n) is 20.2. The number of pyridine rings is 1. The van der Waals surface area contributed by atoms with E-state index >= 15 is 0 Å². The molecule has 11 heteroatoms. The number of nitrogens with zero attached hydrogens (tertiary/aromatic N) is 3. The van der Waals surface area contributed by atoms with Crippen LogP contribution in [0.4, 0.5) is 0 Å². The van der Waals surface area contributed by atoms with E-state index in [2.05, 4.69) is 15.0 Å². The third-order valence-corrected chi connectivity index (χ3v) is 7.28. The normalized spacial score (nSPS) is 12.9. The lowest BCUT2D eigenvalue weighted by atomic mass is 10.0. The van der Waals surface area contributed by atoms with Crippen molar-refractivity contribution in [3.8, 4) is 0 Å². The smallest absolute Gasteiger partial charge is 0.322 e. The van der Waals surface area contributed by atoms with E-state index in [0.29, 0.717) is 6.42 Å². The van der Waals surface area contributed by atoms with E-state index in [4.69, 9.17) is 4.74 Å². The topological polar surface area (TPSA) is 143 Å². The summed E-state index contributed by atoms with van der Waals surface area (Å²) in [6, 6.07) is 6.54. The highest BCUT2D eigenvalue weighted by molar-refractivity contribution is 7.89. The van der Waals surface area contributed by atoms with Crippen molar-refractivity contribution in [2.45, 2.75) is 51.5 Å². The molecule has 1 atom stereocenters. The molecule has 0 aliphatic heterocycles. The Hall–Kier alpha value is -3.31. The molecule has 2 heterocycles. The number of aliphatic carboxylic acids is 1. The summed E-state index contributed by atoms with van der Waals surface area (Å²) in [4.78, 5) is 36.1. The number of carbonyl (C=O) groups excluding carboxylic acids is 1. The minimum atomic E-state index is -4.31. The Bertz CT molecular complexity index is 1300. The van der Waals surface area contributed by atoms with Gasteiger partial charge in [-0.1, -0.05) is 26.0 Å². The van der Waals surface area contributed by atoms with E-state index in [9.17, 15) is 23.1 Å². The highest BCUT2D eigenvalue weighted by Crippen LogP contribution is 2.24. The Kier molecular flexibility index (Phi) is 8.23. The number of ether oxygens (including phenoxy) is 1. The first-order valence-corrected chi connectivity index (χ1v) is 12.8. The summed E-state index contributed by atoms with van der Waals surface area (Å²) in [5.74, 6) is -1.47. The third kappa shape index (κ3) is 6.23. The standard InChI is InChI=1S/C24H30N4O6S/c1-5-34-22(29)14-28(21(24(30)31)12-15(2)3)35(32,33)18-8-6-17(7-9-18)13-20-23-19(10-11-25-20)26-16(4)27-23/h6-11,15,21H,5,12-14H2,1-4H3,(H,26,27)(H,30,31)/t21-/m0/s1. The van der Waals surface area contributed by atoms with Gasteiger partial charge in [0.15, 0.2) is 0 Å². The second-order valence-electron chi connectivity index (χ2n) is 8.64. The highest BCUT2D eigenvalue weighted by Gasteiger charge is 2.38. The minimum absolute atomic E-state index is 0.0464. The van der Waals surface area contributed by atoms with Crippen molar-refractivity contribution >= 4 is 33.0 Å². The molecule has 0 bridgehead atoms. The summed E-state index contributed by atoms with van der Waals surface area (Å²) in [5, 5.41) is 9.77. The first-order valence-electron chi connectivity index (χ1n) is 11.3. The Labute approximate surface area is 204 Å². The lowest BCUT2D eigenvalue weighted by Crippen LogP contribution is -2.48. The number of esters is 1. The summed E-state index contributed by atoms with van der Waals surface area (Å²) in [6.45, 7) is 6.39. The van der Waals surface area contributed by atoms with E-state index in [0.717, 1.165) is 32.4 Å². The van der Waals surface area contributed by atoms with Crippen LogP contribution in [0.2, 0.25) is 0 Å². The van der Waals surface area contributed by atoms with E-state index in [-0.39, 0.29) is 23.8 Å². The zero-order valence-corrected chi connectivity index (χ0v) is 21.0. The monoisotopic (exact) mass is 502 g/mol. The number of hydrogen-bond acceptors (Lipinski definition) is 7. The molecule has 0 saturated carbocycles. The van der Waals surface area contributed by atoms with Gasteiger partial charge in [-0.2, -0.15) is 4.31 Å². The van der Waals surface area contributed by atoms with Crippen LogP contribution in [0.1, 0.15) is 44.3 Å². The van der Waals surface area contributed by atoms with Gasteiger partial charge in [0.2, 0.25) is 10.0 Å². The van der Waals surface area contributed by atoms with Gasteiger partial charge in [-0.25, -0.2) is 13.4 Å². The van der Waals surface area contributed by atoms with Gasteiger partial charge in [0, 0.05) is 12.6 Å². The lowest BCUT2D eigenvalue weighted by Gasteiger charge is -2.28. The predicted octanol–water partition coefficient (Wildman–Crippen LogP) is 2.91. The molecule has 3 rings (SSSR count). The molecule has 0 aliphatic rings. The van der Waals surface area contributed by atoms with Crippen molar-refractivity contribution in [3.63, 3.8) is 0 Å². The molecule has 1 aromatic carbocycles. The summed E-state index contributed by atoms with van der Waals surface area (Å²) < 4.78 is 32.6. The number of aryl methyl sites for hydroxylation is 1. The number of hydrogen-bond donors (Lipinski definition) is 2. The fourth-order valence-corrected chi connectivity index (χ4v) is 5.37. The quantitative estimate of drug-likeness (QED) is 0.381. The van der Waals surface area contributed by atoms with Crippen molar-refractivity contribution in [2.75, 3.05) is 13.2 Å². The summed E-state index contributed by atoms with van der Waals surface area (Å²) >= 11 is 0. The summed E-state index contributed by atoms with van der Waals surface area (Å²) in [6.07, 6.45) is 2.16. The van der Waals surface area contributed by atoms with Crippen LogP contribution < -0.4 is 0 Å². The van der Waals surface area contributed by atoms with Crippen LogP contribution in [-0.2, 0) is 30.8 Å². The van der Waals surface area contributed by atoms with Gasteiger partial charge in [0.25, 0.3) is 0 Å². The first-order chi connectivity index (χ1) is 16.5. The number of nitrogens with one attached hydrogen (secondary N) is 1.